The number of carbonyl (C=O) groups excluding carboxylic acids is 1. The molecule has 0 radical (unpaired) electrons. The minimum atomic E-state index is -0.480. The number of carbonyl (C=O) groups is 1. The maximum Gasteiger partial charge on any atom is 0.275 e. The highest BCUT2D eigenvalue weighted by Crippen LogP contribution is 2.20. The second kappa shape index (κ2) is 8.21. The number of hydrogen-bond donors (Lipinski definition) is 0. The number of ether oxygens (including phenoxy) is 1. The molecule has 0 aliphatic rings. The summed E-state index contributed by atoms with van der Waals surface area (Å²) in [5.74, 6) is -0.635. The van der Waals surface area contributed by atoms with Gasteiger partial charge >= 0.3 is 0 Å². The van der Waals surface area contributed by atoms with Crippen LogP contribution in [0.2, 0.25) is 0 Å². The Labute approximate surface area is 162 Å². The van der Waals surface area contributed by atoms with Crippen molar-refractivity contribution in [3.8, 4) is 5.75 Å². The minimum Gasteiger partial charge on any atom is -0.494 e. The first-order chi connectivity index (χ1) is 13.5. The highest BCUT2D eigenvalue weighted by Gasteiger charge is 2.21. The van der Waals surface area contributed by atoms with Gasteiger partial charge in [-0.3, -0.25) is 9.59 Å². The molecule has 1 aromatic heterocycles. The van der Waals surface area contributed by atoms with Gasteiger partial charge in [-0.25, -0.2) is 9.07 Å². The van der Waals surface area contributed by atoms with Gasteiger partial charge in [0, 0.05) is 25.0 Å². The topological polar surface area (TPSA) is 64.4 Å². The molecule has 1 amide bonds. The van der Waals surface area contributed by atoms with Crippen molar-refractivity contribution in [2.45, 2.75) is 26.9 Å². The standard InChI is InChI=1S/C21H22FN3O3/c1-4-24(13-14-10-11-18(28-3)17(22)12-14)21(27)19-15-8-6-7-9-16(15)20(26)25(5-2)23-19/h6-12H,4-5,13H2,1-3H3. The van der Waals surface area contributed by atoms with E-state index in [4.69, 9.17) is 4.74 Å². The number of rotatable bonds is 6. The van der Waals surface area contributed by atoms with E-state index in [2.05, 4.69) is 5.10 Å². The van der Waals surface area contributed by atoms with Crippen molar-refractivity contribution in [1.29, 1.82) is 0 Å². The maximum absolute atomic E-state index is 14.0. The molecule has 0 saturated heterocycles. The fourth-order valence-electron chi connectivity index (χ4n) is 3.11. The van der Waals surface area contributed by atoms with Crippen molar-refractivity contribution in [3.63, 3.8) is 0 Å². The largest absolute Gasteiger partial charge is 0.494 e. The lowest BCUT2D eigenvalue weighted by Gasteiger charge is -2.22. The first-order valence-corrected chi connectivity index (χ1v) is 9.11. The van der Waals surface area contributed by atoms with Gasteiger partial charge in [-0.1, -0.05) is 24.3 Å². The Morgan fingerprint density at radius 3 is 2.50 bits per heavy atom. The van der Waals surface area contributed by atoms with E-state index in [1.165, 1.54) is 23.9 Å². The van der Waals surface area contributed by atoms with E-state index < -0.39 is 5.82 Å². The Morgan fingerprint density at radius 2 is 1.89 bits per heavy atom. The van der Waals surface area contributed by atoms with Crippen LogP contribution in [0.1, 0.15) is 29.9 Å². The number of amides is 1. The summed E-state index contributed by atoms with van der Waals surface area (Å²) < 4.78 is 20.2. The molecule has 6 nitrogen and oxygen atoms in total. The monoisotopic (exact) mass is 383 g/mol. The number of methoxy groups -OCH3 is 1. The number of benzene rings is 2. The van der Waals surface area contributed by atoms with Gasteiger partial charge in [0.15, 0.2) is 17.3 Å². The van der Waals surface area contributed by atoms with E-state index in [1.807, 2.05) is 6.92 Å². The molecule has 7 heteroatoms. The minimum absolute atomic E-state index is 0.154. The van der Waals surface area contributed by atoms with Gasteiger partial charge in [0.1, 0.15) is 0 Å². The van der Waals surface area contributed by atoms with E-state index in [9.17, 15) is 14.0 Å². The molecule has 0 saturated carbocycles. The highest BCUT2D eigenvalue weighted by atomic mass is 19.1. The number of aryl methyl sites for hydroxylation is 1. The Bertz CT molecular complexity index is 1080. The SMILES string of the molecule is CCN(Cc1ccc(OC)c(F)c1)C(=O)c1nn(CC)c(=O)c2ccccc12. The van der Waals surface area contributed by atoms with Crippen LogP contribution in [-0.4, -0.2) is 34.2 Å². The van der Waals surface area contributed by atoms with Crippen LogP contribution in [0, 0.1) is 5.82 Å². The lowest BCUT2D eigenvalue weighted by Crippen LogP contribution is -2.34. The summed E-state index contributed by atoms with van der Waals surface area (Å²) in [5.41, 5.74) is 0.629. The van der Waals surface area contributed by atoms with Crippen molar-refractivity contribution >= 4 is 16.7 Å². The van der Waals surface area contributed by atoms with Crippen LogP contribution in [0.3, 0.4) is 0 Å². The van der Waals surface area contributed by atoms with E-state index in [1.54, 1.807) is 42.2 Å². The third kappa shape index (κ3) is 3.60. The number of halogens is 1. The Morgan fingerprint density at radius 1 is 1.18 bits per heavy atom. The molecule has 28 heavy (non-hydrogen) atoms. The third-order valence-corrected chi connectivity index (χ3v) is 4.63. The smallest absolute Gasteiger partial charge is 0.275 e. The van der Waals surface area contributed by atoms with Gasteiger partial charge in [0.2, 0.25) is 0 Å². The molecule has 0 atom stereocenters. The average molecular weight is 383 g/mol. The van der Waals surface area contributed by atoms with Crippen LogP contribution in [0.5, 0.6) is 5.75 Å². The van der Waals surface area contributed by atoms with E-state index >= 15 is 0 Å². The Hall–Kier alpha value is -3.22. The Kier molecular flexibility index (Phi) is 5.73. The van der Waals surface area contributed by atoms with Crippen molar-refractivity contribution in [2.24, 2.45) is 0 Å². The quantitative estimate of drug-likeness (QED) is 0.656. The predicted octanol–water partition coefficient (Wildman–Crippen LogP) is 3.23. The van der Waals surface area contributed by atoms with Crippen LogP contribution in [-0.2, 0) is 13.1 Å². The molecule has 0 fully saturated rings. The summed E-state index contributed by atoms with van der Waals surface area (Å²) in [5, 5.41) is 5.26. The first-order valence-electron chi connectivity index (χ1n) is 9.11. The normalized spacial score (nSPS) is 10.9. The van der Waals surface area contributed by atoms with Crippen LogP contribution in [0.4, 0.5) is 4.39 Å². The molecule has 0 bridgehead atoms. The molecule has 0 unspecified atom stereocenters. The molecule has 1 heterocycles. The second-order valence-electron chi connectivity index (χ2n) is 6.30. The highest BCUT2D eigenvalue weighted by molar-refractivity contribution is 6.04. The zero-order chi connectivity index (χ0) is 20.3. The van der Waals surface area contributed by atoms with E-state index in [0.29, 0.717) is 29.4 Å². The molecule has 0 aliphatic heterocycles. The number of aromatic nitrogens is 2. The van der Waals surface area contributed by atoms with Gasteiger partial charge in [0.25, 0.3) is 11.5 Å². The summed E-state index contributed by atoms with van der Waals surface area (Å²) in [6.07, 6.45) is 0. The van der Waals surface area contributed by atoms with Crippen molar-refractivity contribution in [3.05, 3.63) is 69.9 Å². The molecule has 3 aromatic rings. The van der Waals surface area contributed by atoms with Gasteiger partial charge < -0.3 is 9.64 Å². The van der Waals surface area contributed by atoms with Crippen molar-refractivity contribution in [2.75, 3.05) is 13.7 Å². The van der Waals surface area contributed by atoms with Gasteiger partial charge in [0.05, 0.1) is 12.5 Å². The lowest BCUT2D eigenvalue weighted by molar-refractivity contribution is 0.0746. The second-order valence-corrected chi connectivity index (χ2v) is 6.30. The number of fused-ring (bicyclic) bond motifs is 1. The molecule has 3 rings (SSSR count). The van der Waals surface area contributed by atoms with Gasteiger partial charge in [-0.15, -0.1) is 0 Å². The van der Waals surface area contributed by atoms with Crippen LogP contribution < -0.4 is 10.3 Å². The third-order valence-electron chi connectivity index (χ3n) is 4.63. The maximum atomic E-state index is 14.0. The fourth-order valence-corrected chi connectivity index (χ4v) is 3.11. The van der Waals surface area contributed by atoms with Crippen LogP contribution in [0.15, 0.2) is 47.3 Å². The number of hydrogen-bond acceptors (Lipinski definition) is 4. The van der Waals surface area contributed by atoms with Crippen LogP contribution in [0.25, 0.3) is 10.8 Å². The molecular weight excluding hydrogens is 361 g/mol. The van der Waals surface area contributed by atoms with Crippen molar-refractivity contribution in [1.82, 2.24) is 14.7 Å². The molecule has 2 aromatic carbocycles. The molecule has 0 spiro atoms. The summed E-state index contributed by atoms with van der Waals surface area (Å²) in [4.78, 5) is 27.3. The summed E-state index contributed by atoms with van der Waals surface area (Å²) in [6.45, 7) is 4.63. The molecule has 0 N–H and O–H groups in total. The van der Waals surface area contributed by atoms with Crippen LogP contribution >= 0.6 is 0 Å². The zero-order valence-electron chi connectivity index (χ0n) is 16.1. The summed E-state index contributed by atoms with van der Waals surface area (Å²) in [7, 11) is 1.40. The summed E-state index contributed by atoms with van der Waals surface area (Å²) >= 11 is 0. The average Bonchev–Trinajstić information content (AvgIpc) is 2.72. The van der Waals surface area contributed by atoms with Crippen molar-refractivity contribution < 1.29 is 13.9 Å². The molecule has 146 valence electrons. The Balaban J connectivity index is 2.01. The van der Waals surface area contributed by atoms with E-state index in [0.717, 1.165) is 0 Å². The predicted molar refractivity (Wildman–Crippen MR) is 105 cm³/mol. The van der Waals surface area contributed by atoms with E-state index in [-0.39, 0.29) is 29.5 Å². The molecule has 0 aliphatic carbocycles. The van der Waals surface area contributed by atoms with Gasteiger partial charge in [-0.2, -0.15) is 5.10 Å². The molecular formula is C21H22FN3O3. The lowest BCUT2D eigenvalue weighted by atomic mass is 10.1. The first kappa shape index (κ1) is 19.5. The fraction of sp³-hybridized carbons (Fsp3) is 0.286. The summed E-state index contributed by atoms with van der Waals surface area (Å²) in [6, 6.07) is 11.5. The van der Waals surface area contributed by atoms with Gasteiger partial charge in [-0.05, 0) is 37.6 Å². The zero-order valence-corrected chi connectivity index (χ0v) is 16.1. The number of nitrogens with zero attached hydrogens (tertiary/aromatic N) is 3.